The Morgan fingerprint density at radius 3 is 2.81 bits per heavy atom. The van der Waals surface area contributed by atoms with Crippen LogP contribution in [0.2, 0.25) is 0 Å². The number of carbonyl (C=O) groups is 1. The molecule has 0 radical (unpaired) electrons. The molecule has 1 heterocycles. The van der Waals surface area contributed by atoms with Crippen molar-refractivity contribution >= 4 is 23.4 Å². The lowest BCUT2D eigenvalue weighted by Crippen LogP contribution is -1.99. The monoisotopic (exact) mass is 317 g/mol. The van der Waals surface area contributed by atoms with Gasteiger partial charge < -0.3 is 9.63 Å². The SMILES string of the molecule is O=C(O)CSc1nc(-c2c(F)ccc([N+](=O)[O-])c2F)no1. The predicted molar refractivity (Wildman–Crippen MR) is 64.7 cm³/mol. The summed E-state index contributed by atoms with van der Waals surface area (Å²) in [4.78, 5) is 23.6. The maximum Gasteiger partial charge on any atom is 0.314 e. The Bertz CT molecular complexity index is 721. The molecule has 1 N–H and O–H groups in total. The van der Waals surface area contributed by atoms with Crippen LogP contribution in [-0.2, 0) is 4.79 Å². The van der Waals surface area contributed by atoms with Crippen LogP contribution >= 0.6 is 11.8 Å². The second-order valence-corrected chi connectivity index (χ2v) is 4.51. The second kappa shape index (κ2) is 5.83. The molecule has 8 nitrogen and oxygen atoms in total. The van der Waals surface area contributed by atoms with Crippen molar-refractivity contribution in [2.24, 2.45) is 0 Å². The van der Waals surface area contributed by atoms with Gasteiger partial charge in [-0.3, -0.25) is 14.9 Å². The van der Waals surface area contributed by atoms with Gasteiger partial charge in [-0.2, -0.15) is 9.37 Å². The van der Waals surface area contributed by atoms with E-state index >= 15 is 0 Å². The highest BCUT2D eigenvalue weighted by Crippen LogP contribution is 2.31. The Kier molecular flexibility index (Phi) is 4.12. The fourth-order valence-electron chi connectivity index (χ4n) is 1.38. The van der Waals surface area contributed by atoms with Crippen molar-refractivity contribution in [2.45, 2.75) is 5.22 Å². The third kappa shape index (κ3) is 3.13. The van der Waals surface area contributed by atoms with Gasteiger partial charge in [0.05, 0.1) is 4.92 Å². The van der Waals surface area contributed by atoms with Crippen molar-refractivity contribution in [3.05, 3.63) is 33.9 Å². The van der Waals surface area contributed by atoms with E-state index in [-0.39, 0.29) is 11.0 Å². The number of nitrogens with zero attached hydrogens (tertiary/aromatic N) is 3. The van der Waals surface area contributed by atoms with Crippen molar-refractivity contribution in [1.29, 1.82) is 0 Å². The molecule has 0 unspecified atom stereocenters. The first-order valence-corrected chi connectivity index (χ1v) is 6.19. The lowest BCUT2D eigenvalue weighted by Gasteiger charge is -2.00. The average Bonchev–Trinajstić information content (AvgIpc) is 2.84. The van der Waals surface area contributed by atoms with Crippen LogP contribution in [0, 0.1) is 21.7 Å². The zero-order chi connectivity index (χ0) is 15.6. The van der Waals surface area contributed by atoms with Crippen molar-refractivity contribution < 1.29 is 28.1 Å². The van der Waals surface area contributed by atoms with Crippen molar-refractivity contribution in [1.82, 2.24) is 10.1 Å². The maximum absolute atomic E-state index is 13.9. The fourth-order valence-corrected chi connectivity index (χ4v) is 1.87. The van der Waals surface area contributed by atoms with Gasteiger partial charge in [-0.05, 0) is 6.07 Å². The smallest absolute Gasteiger partial charge is 0.314 e. The summed E-state index contributed by atoms with van der Waals surface area (Å²) in [6.07, 6.45) is 0. The quantitative estimate of drug-likeness (QED) is 0.506. The molecular formula is C10H5F2N3O5S. The van der Waals surface area contributed by atoms with Crippen LogP contribution in [0.1, 0.15) is 0 Å². The molecule has 0 saturated carbocycles. The van der Waals surface area contributed by atoms with Crippen LogP contribution < -0.4 is 0 Å². The summed E-state index contributed by atoms with van der Waals surface area (Å²) in [6.45, 7) is 0. The molecule has 0 aliphatic carbocycles. The molecule has 110 valence electrons. The first-order valence-electron chi connectivity index (χ1n) is 5.21. The number of rotatable bonds is 5. The molecule has 0 saturated heterocycles. The van der Waals surface area contributed by atoms with E-state index in [1.807, 2.05) is 0 Å². The number of nitro groups is 1. The summed E-state index contributed by atoms with van der Waals surface area (Å²) >= 11 is 0.648. The summed E-state index contributed by atoms with van der Waals surface area (Å²) in [6, 6.07) is 1.38. The number of carboxylic acids is 1. The van der Waals surface area contributed by atoms with Gasteiger partial charge >= 0.3 is 11.7 Å². The minimum atomic E-state index is -1.43. The maximum atomic E-state index is 13.9. The lowest BCUT2D eigenvalue weighted by atomic mass is 10.1. The molecule has 0 aliphatic rings. The molecule has 2 aromatic rings. The Balaban J connectivity index is 2.40. The Morgan fingerprint density at radius 2 is 2.19 bits per heavy atom. The number of aromatic nitrogens is 2. The number of nitro benzene ring substituents is 1. The summed E-state index contributed by atoms with van der Waals surface area (Å²) in [5.41, 5.74) is -1.74. The molecule has 0 aliphatic heterocycles. The van der Waals surface area contributed by atoms with Gasteiger partial charge in [0.2, 0.25) is 11.6 Å². The summed E-state index contributed by atoms with van der Waals surface area (Å²) in [7, 11) is 0. The van der Waals surface area contributed by atoms with Gasteiger partial charge in [0.25, 0.3) is 5.22 Å². The number of hydrogen-bond acceptors (Lipinski definition) is 7. The van der Waals surface area contributed by atoms with Crippen LogP contribution in [0.25, 0.3) is 11.4 Å². The van der Waals surface area contributed by atoms with E-state index in [4.69, 9.17) is 5.11 Å². The van der Waals surface area contributed by atoms with Crippen LogP contribution in [0.4, 0.5) is 14.5 Å². The minimum absolute atomic E-state index is 0.224. The molecule has 0 fully saturated rings. The summed E-state index contributed by atoms with van der Waals surface area (Å²) < 4.78 is 32.1. The zero-order valence-corrected chi connectivity index (χ0v) is 10.8. The van der Waals surface area contributed by atoms with Crippen LogP contribution in [0.3, 0.4) is 0 Å². The number of thioether (sulfide) groups is 1. The minimum Gasteiger partial charge on any atom is -0.481 e. The fraction of sp³-hybridized carbons (Fsp3) is 0.100. The molecule has 21 heavy (non-hydrogen) atoms. The number of hydrogen-bond donors (Lipinski definition) is 1. The number of carboxylic acid groups (broad SMARTS) is 1. The van der Waals surface area contributed by atoms with Crippen LogP contribution in [-0.4, -0.2) is 31.9 Å². The van der Waals surface area contributed by atoms with Gasteiger partial charge in [0, 0.05) is 6.07 Å². The van der Waals surface area contributed by atoms with E-state index < -0.39 is 39.6 Å². The summed E-state index contributed by atoms with van der Waals surface area (Å²) in [5.74, 6) is -4.61. The van der Waals surface area contributed by atoms with Gasteiger partial charge in [-0.25, -0.2) is 4.39 Å². The Labute approximate surface area is 118 Å². The molecule has 11 heteroatoms. The second-order valence-electron chi connectivity index (χ2n) is 3.58. The molecular weight excluding hydrogens is 312 g/mol. The molecule has 0 amide bonds. The van der Waals surface area contributed by atoms with E-state index in [1.54, 1.807) is 0 Å². The number of aliphatic carboxylic acids is 1. The molecule has 2 rings (SSSR count). The zero-order valence-electron chi connectivity index (χ0n) is 9.95. The van der Waals surface area contributed by atoms with E-state index in [2.05, 4.69) is 14.7 Å². The van der Waals surface area contributed by atoms with Gasteiger partial charge in [-0.15, -0.1) is 0 Å². The van der Waals surface area contributed by atoms with Gasteiger partial charge in [0.1, 0.15) is 17.1 Å². The normalized spacial score (nSPS) is 10.6. The highest BCUT2D eigenvalue weighted by Gasteiger charge is 2.26. The first kappa shape index (κ1) is 14.8. The van der Waals surface area contributed by atoms with Crippen LogP contribution in [0.5, 0.6) is 0 Å². The predicted octanol–water partition coefficient (Wildman–Crippen LogP) is 2.10. The van der Waals surface area contributed by atoms with Gasteiger partial charge in [0.15, 0.2) is 0 Å². The van der Waals surface area contributed by atoms with E-state index in [1.165, 1.54) is 0 Å². The van der Waals surface area contributed by atoms with E-state index in [0.29, 0.717) is 23.9 Å². The first-order chi connectivity index (χ1) is 9.90. The number of halogens is 2. The lowest BCUT2D eigenvalue weighted by molar-refractivity contribution is -0.387. The standard InChI is InChI=1S/C10H5F2N3O5S/c11-4-1-2-5(15(18)19)8(12)7(4)9-13-10(20-14-9)21-3-6(16)17/h1-2H,3H2,(H,16,17). The van der Waals surface area contributed by atoms with Crippen molar-refractivity contribution in [3.63, 3.8) is 0 Å². The van der Waals surface area contributed by atoms with E-state index in [9.17, 15) is 23.7 Å². The molecule has 0 spiro atoms. The Morgan fingerprint density at radius 1 is 1.48 bits per heavy atom. The van der Waals surface area contributed by atoms with Crippen molar-refractivity contribution in [2.75, 3.05) is 5.75 Å². The largest absolute Gasteiger partial charge is 0.481 e. The third-order valence-electron chi connectivity index (χ3n) is 2.22. The highest BCUT2D eigenvalue weighted by atomic mass is 32.2. The number of benzene rings is 1. The molecule has 1 aromatic carbocycles. The molecule has 0 bridgehead atoms. The van der Waals surface area contributed by atoms with Crippen LogP contribution in [0.15, 0.2) is 21.9 Å². The van der Waals surface area contributed by atoms with Crippen molar-refractivity contribution in [3.8, 4) is 11.4 Å². The third-order valence-corrected chi connectivity index (χ3v) is 3.02. The highest BCUT2D eigenvalue weighted by molar-refractivity contribution is 7.99. The Hall–Kier alpha value is -2.56. The topological polar surface area (TPSA) is 119 Å². The van der Waals surface area contributed by atoms with E-state index in [0.717, 1.165) is 0 Å². The van der Waals surface area contributed by atoms with Gasteiger partial charge in [-0.1, -0.05) is 16.9 Å². The molecule has 1 aromatic heterocycles. The molecule has 0 atom stereocenters. The average molecular weight is 317 g/mol. The summed E-state index contributed by atoms with van der Waals surface area (Å²) in [5, 5.41) is 22.1.